The van der Waals surface area contributed by atoms with Crippen molar-refractivity contribution in [2.24, 2.45) is 0 Å². The quantitative estimate of drug-likeness (QED) is 0.826. The summed E-state index contributed by atoms with van der Waals surface area (Å²) >= 11 is 0. The summed E-state index contributed by atoms with van der Waals surface area (Å²) in [6.07, 6.45) is 2.35. The lowest BCUT2D eigenvalue weighted by Gasteiger charge is -2.11. The molecule has 0 spiro atoms. The average Bonchev–Trinajstić information content (AvgIpc) is 3.17. The van der Waals surface area contributed by atoms with Gasteiger partial charge in [0.25, 0.3) is 5.89 Å². The van der Waals surface area contributed by atoms with Crippen LogP contribution in [0.4, 0.5) is 0 Å². The Morgan fingerprint density at radius 1 is 1.35 bits per heavy atom. The molecule has 1 aliphatic rings. The van der Waals surface area contributed by atoms with E-state index in [4.69, 9.17) is 9.26 Å². The third kappa shape index (κ3) is 2.84. The topological polar surface area (TPSA) is 48.2 Å². The summed E-state index contributed by atoms with van der Waals surface area (Å²) in [5.74, 6) is 3.28. The van der Waals surface area contributed by atoms with Crippen molar-refractivity contribution in [1.29, 1.82) is 0 Å². The minimum absolute atomic E-state index is 0.335. The first kappa shape index (κ1) is 13.2. The minimum Gasteiger partial charge on any atom is -0.483 e. The van der Waals surface area contributed by atoms with Crippen LogP contribution in [0.5, 0.6) is 5.75 Å². The number of rotatable bonds is 5. The van der Waals surface area contributed by atoms with E-state index in [1.165, 1.54) is 18.4 Å². The van der Waals surface area contributed by atoms with Crippen LogP contribution in [0.2, 0.25) is 0 Å². The van der Waals surface area contributed by atoms with E-state index in [2.05, 4.69) is 42.2 Å². The second-order valence-corrected chi connectivity index (χ2v) is 5.79. The molecule has 3 rings (SSSR count). The molecule has 1 heterocycles. The van der Waals surface area contributed by atoms with E-state index in [0.717, 1.165) is 17.1 Å². The molecule has 0 N–H and O–H groups in total. The van der Waals surface area contributed by atoms with E-state index >= 15 is 0 Å². The predicted octanol–water partition coefficient (Wildman–Crippen LogP) is 3.96. The maximum Gasteiger partial charge on any atom is 0.264 e. The maximum absolute atomic E-state index is 5.83. The van der Waals surface area contributed by atoms with Gasteiger partial charge in [0.15, 0.2) is 12.4 Å². The zero-order valence-corrected chi connectivity index (χ0v) is 12.2. The summed E-state index contributed by atoms with van der Waals surface area (Å²) in [5.41, 5.74) is 2.39. The Kier molecular flexibility index (Phi) is 3.47. The predicted molar refractivity (Wildman–Crippen MR) is 75.9 cm³/mol. The first-order valence-corrected chi connectivity index (χ1v) is 7.19. The van der Waals surface area contributed by atoms with Gasteiger partial charge in [0, 0.05) is 5.92 Å². The smallest absolute Gasteiger partial charge is 0.264 e. The highest BCUT2D eigenvalue weighted by Crippen LogP contribution is 2.38. The summed E-state index contributed by atoms with van der Waals surface area (Å²) in [6.45, 7) is 6.73. The van der Waals surface area contributed by atoms with Gasteiger partial charge in [-0.05, 0) is 42.9 Å². The number of hydrogen-bond donors (Lipinski definition) is 0. The van der Waals surface area contributed by atoms with Gasteiger partial charge in [-0.1, -0.05) is 31.1 Å². The molecule has 0 bridgehead atoms. The van der Waals surface area contributed by atoms with Gasteiger partial charge >= 0.3 is 0 Å². The van der Waals surface area contributed by atoms with Crippen LogP contribution in [0, 0.1) is 6.92 Å². The van der Waals surface area contributed by atoms with E-state index in [0.29, 0.717) is 24.3 Å². The van der Waals surface area contributed by atoms with Crippen LogP contribution in [0.1, 0.15) is 61.4 Å². The Morgan fingerprint density at radius 2 is 2.15 bits per heavy atom. The van der Waals surface area contributed by atoms with Crippen molar-refractivity contribution >= 4 is 0 Å². The normalized spacial score (nSPS) is 14.8. The molecule has 106 valence electrons. The van der Waals surface area contributed by atoms with Crippen molar-refractivity contribution in [3.8, 4) is 5.75 Å². The molecule has 0 atom stereocenters. The number of nitrogens with zero attached hydrogens (tertiary/aromatic N) is 2. The second-order valence-electron chi connectivity index (χ2n) is 5.79. The van der Waals surface area contributed by atoms with Crippen molar-refractivity contribution in [2.45, 2.75) is 52.1 Å². The van der Waals surface area contributed by atoms with E-state index < -0.39 is 0 Å². The number of hydrogen-bond acceptors (Lipinski definition) is 4. The number of aryl methyl sites for hydroxylation is 1. The highest BCUT2D eigenvalue weighted by molar-refractivity contribution is 5.37. The Bertz CT molecular complexity index is 600. The third-order valence-electron chi connectivity index (χ3n) is 3.66. The van der Waals surface area contributed by atoms with Gasteiger partial charge in [-0.3, -0.25) is 0 Å². The van der Waals surface area contributed by atoms with Gasteiger partial charge in [0.2, 0.25) is 0 Å². The molecular weight excluding hydrogens is 252 g/mol. The van der Waals surface area contributed by atoms with Gasteiger partial charge in [-0.15, -0.1) is 0 Å². The van der Waals surface area contributed by atoms with Gasteiger partial charge in [-0.25, -0.2) is 0 Å². The summed E-state index contributed by atoms with van der Waals surface area (Å²) in [4.78, 5) is 4.37. The van der Waals surface area contributed by atoms with Crippen LogP contribution >= 0.6 is 0 Å². The van der Waals surface area contributed by atoms with E-state index in [9.17, 15) is 0 Å². The molecule has 1 aromatic carbocycles. The molecule has 0 radical (unpaired) electrons. The Labute approximate surface area is 119 Å². The molecule has 1 saturated carbocycles. The van der Waals surface area contributed by atoms with E-state index in [-0.39, 0.29) is 0 Å². The van der Waals surface area contributed by atoms with Crippen LogP contribution < -0.4 is 4.74 Å². The molecule has 0 aliphatic heterocycles. The monoisotopic (exact) mass is 272 g/mol. The minimum atomic E-state index is 0.335. The third-order valence-corrected chi connectivity index (χ3v) is 3.66. The standard InChI is InChI=1S/C16H20N2O2/c1-10(2)13-5-4-11(3)14(8-13)19-9-15-17-16(18-20-15)12-6-7-12/h4-5,8,10,12H,6-7,9H2,1-3H3. The van der Waals surface area contributed by atoms with Crippen LogP contribution in [0.15, 0.2) is 22.7 Å². The van der Waals surface area contributed by atoms with E-state index in [1.807, 2.05) is 6.92 Å². The average molecular weight is 272 g/mol. The molecule has 0 unspecified atom stereocenters. The fourth-order valence-electron chi connectivity index (χ4n) is 2.10. The molecule has 1 fully saturated rings. The van der Waals surface area contributed by atoms with Crippen molar-refractivity contribution in [3.63, 3.8) is 0 Å². The lowest BCUT2D eigenvalue weighted by molar-refractivity contribution is 0.241. The molecular formula is C16H20N2O2. The van der Waals surface area contributed by atoms with Crippen molar-refractivity contribution in [1.82, 2.24) is 10.1 Å². The van der Waals surface area contributed by atoms with Gasteiger partial charge in [-0.2, -0.15) is 4.98 Å². The Hall–Kier alpha value is -1.84. The summed E-state index contributed by atoms with van der Waals surface area (Å²) < 4.78 is 11.1. The van der Waals surface area contributed by atoms with Crippen LogP contribution in [0.3, 0.4) is 0 Å². The summed E-state index contributed by atoms with van der Waals surface area (Å²) in [7, 11) is 0. The van der Waals surface area contributed by atoms with Crippen molar-refractivity contribution in [3.05, 3.63) is 41.0 Å². The van der Waals surface area contributed by atoms with E-state index in [1.54, 1.807) is 0 Å². The molecule has 1 aromatic heterocycles. The van der Waals surface area contributed by atoms with Crippen molar-refractivity contribution < 1.29 is 9.26 Å². The van der Waals surface area contributed by atoms with Crippen LogP contribution in [-0.2, 0) is 6.61 Å². The van der Waals surface area contributed by atoms with Crippen molar-refractivity contribution in [2.75, 3.05) is 0 Å². The Balaban J connectivity index is 1.68. The molecule has 4 nitrogen and oxygen atoms in total. The SMILES string of the molecule is Cc1ccc(C(C)C)cc1OCc1nc(C2CC2)no1. The fraction of sp³-hybridized carbons (Fsp3) is 0.500. The number of ether oxygens (including phenoxy) is 1. The number of aromatic nitrogens is 2. The molecule has 0 amide bonds. The highest BCUT2D eigenvalue weighted by atomic mass is 16.5. The Morgan fingerprint density at radius 3 is 2.85 bits per heavy atom. The number of benzene rings is 1. The molecule has 2 aromatic rings. The largest absolute Gasteiger partial charge is 0.483 e. The lowest BCUT2D eigenvalue weighted by atomic mass is 10.0. The molecule has 4 heteroatoms. The van der Waals surface area contributed by atoms with Crippen LogP contribution in [0.25, 0.3) is 0 Å². The zero-order valence-electron chi connectivity index (χ0n) is 12.2. The molecule has 20 heavy (non-hydrogen) atoms. The first-order valence-electron chi connectivity index (χ1n) is 7.19. The fourth-order valence-corrected chi connectivity index (χ4v) is 2.10. The summed E-state index contributed by atoms with van der Waals surface area (Å²) in [5, 5.41) is 3.99. The van der Waals surface area contributed by atoms with Crippen LogP contribution in [-0.4, -0.2) is 10.1 Å². The highest BCUT2D eigenvalue weighted by Gasteiger charge is 2.28. The second kappa shape index (κ2) is 5.27. The van der Waals surface area contributed by atoms with Gasteiger partial charge in [0.05, 0.1) is 0 Å². The first-order chi connectivity index (χ1) is 9.63. The maximum atomic E-state index is 5.83. The molecule has 0 saturated heterocycles. The molecule has 1 aliphatic carbocycles. The summed E-state index contributed by atoms with van der Waals surface area (Å²) in [6, 6.07) is 6.33. The van der Waals surface area contributed by atoms with Gasteiger partial charge < -0.3 is 9.26 Å². The lowest BCUT2D eigenvalue weighted by Crippen LogP contribution is -1.99. The van der Waals surface area contributed by atoms with Gasteiger partial charge in [0.1, 0.15) is 5.75 Å². The zero-order chi connectivity index (χ0) is 14.1.